The van der Waals surface area contributed by atoms with Crippen molar-refractivity contribution < 1.29 is 14.5 Å². The number of nitro groups is 1. The lowest BCUT2D eigenvalue weighted by Crippen LogP contribution is -2.20. The minimum atomic E-state index is -0.516. The van der Waals surface area contributed by atoms with Gasteiger partial charge in [0.2, 0.25) is 5.91 Å². The van der Waals surface area contributed by atoms with Crippen molar-refractivity contribution in [3.05, 3.63) is 101 Å². The van der Waals surface area contributed by atoms with E-state index in [0.717, 1.165) is 5.56 Å². The highest BCUT2D eigenvalue weighted by atomic mass is 79.9. The summed E-state index contributed by atoms with van der Waals surface area (Å²) < 4.78 is 7.29. The number of ether oxygens (including phenoxy) is 1. The summed E-state index contributed by atoms with van der Waals surface area (Å²) in [5.74, 6) is 0.161. The van der Waals surface area contributed by atoms with E-state index in [-0.39, 0.29) is 12.1 Å². The van der Waals surface area contributed by atoms with E-state index in [1.165, 1.54) is 12.3 Å². The molecule has 3 aromatic rings. The molecule has 0 heterocycles. The Hall–Kier alpha value is -2.75. The summed E-state index contributed by atoms with van der Waals surface area (Å²) in [5, 5.41) is 15.7. The van der Waals surface area contributed by atoms with Crippen LogP contribution in [0.5, 0.6) is 5.75 Å². The summed E-state index contributed by atoms with van der Waals surface area (Å²) in [6.45, 7) is 0.365. The highest BCUT2D eigenvalue weighted by Crippen LogP contribution is 2.35. The number of nitrogens with zero attached hydrogens (tertiary/aromatic N) is 2. The Morgan fingerprint density at radius 2 is 1.78 bits per heavy atom. The molecule has 0 aliphatic rings. The molecule has 3 aromatic carbocycles. The number of hydrogen-bond donors (Lipinski definition) is 1. The minimum Gasteiger partial charge on any atom is -0.487 e. The van der Waals surface area contributed by atoms with Gasteiger partial charge in [-0.1, -0.05) is 41.9 Å². The molecular weight excluding hydrogens is 566 g/mol. The Bertz CT molecular complexity index is 1150. The normalized spacial score (nSPS) is 10.8. The molecule has 0 fully saturated rings. The zero-order valence-corrected chi connectivity index (χ0v) is 20.4. The van der Waals surface area contributed by atoms with Gasteiger partial charge in [0.15, 0.2) is 0 Å². The van der Waals surface area contributed by atoms with Crippen LogP contribution in [0.1, 0.15) is 16.7 Å². The summed E-state index contributed by atoms with van der Waals surface area (Å²) in [6.07, 6.45) is 1.31. The zero-order chi connectivity index (χ0) is 23.1. The monoisotopic (exact) mass is 579 g/mol. The van der Waals surface area contributed by atoms with Crippen molar-refractivity contribution >= 4 is 61.3 Å². The van der Waals surface area contributed by atoms with Gasteiger partial charge in [-0.3, -0.25) is 14.9 Å². The SMILES string of the molecule is O=C(Cc1ccccc1[N+](=O)[O-])N/N=C/c1cc(Br)c(OCc2ccc(Cl)cc2)c(Br)c1. The fourth-order valence-corrected chi connectivity index (χ4v) is 4.33. The lowest BCUT2D eigenvalue weighted by molar-refractivity contribution is -0.385. The zero-order valence-electron chi connectivity index (χ0n) is 16.4. The van der Waals surface area contributed by atoms with Crippen molar-refractivity contribution in [2.75, 3.05) is 0 Å². The van der Waals surface area contributed by atoms with E-state index in [0.29, 0.717) is 37.5 Å². The maximum Gasteiger partial charge on any atom is 0.273 e. The van der Waals surface area contributed by atoms with Gasteiger partial charge in [-0.25, -0.2) is 5.43 Å². The lowest BCUT2D eigenvalue weighted by Gasteiger charge is -2.11. The van der Waals surface area contributed by atoms with Crippen molar-refractivity contribution in [1.29, 1.82) is 0 Å². The lowest BCUT2D eigenvalue weighted by atomic mass is 10.1. The molecule has 0 aromatic heterocycles. The standard InChI is InChI=1S/C22H16Br2ClN3O4/c23-18-9-15(10-19(24)22(18)32-13-14-5-7-17(25)8-6-14)12-26-27-21(29)11-16-3-1-2-4-20(16)28(30)31/h1-10,12H,11,13H2,(H,27,29)/b26-12+. The molecule has 0 saturated heterocycles. The average molecular weight is 582 g/mol. The molecule has 10 heteroatoms. The second kappa shape index (κ2) is 11.2. The Kier molecular flexibility index (Phi) is 8.38. The maximum absolute atomic E-state index is 12.1. The highest BCUT2D eigenvalue weighted by Gasteiger charge is 2.15. The van der Waals surface area contributed by atoms with Crippen molar-refractivity contribution in [1.82, 2.24) is 5.43 Å². The molecule has 3 rings (SSSR count). The molecule has 0 aliphatic heterocycles. The molecule has 1 amide bonds. The van der Waals surface area contributed by atoms with Gasteiger partial charge in [0.1, 0.15) is 12.4 Å². The van der Waals surface area contributed by atoms with Crippen molar-refractivity contribution in [3.63, 3.8) is 0 Å². The average Bonchev–Trinajstić information content (AvgIpc) is 2.74. The number of halogens is 3. The Morgan fingerprint density at radius 3 is 2.44 bits per heavy atom. The van der Waals surface area contributed by atoms with E-state index >= 15 is 0 Å². The molecule has 0 saturated carbocycles. The number of rotatable bonds is 8. The van der Waals surface area contributed by atoms with Gasteiger partial charge in [-0.2, -0.15) is 5.10 Å². The van der Waals surface area contributed by atoms with Crippen molar-refractivity contribution in [2.24, 2.45) is 5.10 Å². The largest absolute Gasteiger partial charge is 0.487 e. The van der Waals surface area contributed by atoms with Crippen LogP contribution in [-0.4, -0.2) is 17.0 Å². The molecule has 0 radical (unpaired) electrons. The van der Waals surface area contributed by atoms with Crippen LogP contribution in [0, 0.1) is 10.1 Å². The fourth-order valence-electron chi connectivity index (χ4n) is 2.76. The van der Waals surface area contributed by atoms with Crippen LogP contribution in [-0.2, 0) is 17.8 Å². The molecular formula is C22H16Br2ClN3O4. The van der Waals surface area contributed by atoms with Gasteiger partial charge in [0, 0.05) is 16.7 Å². The van der Waals surface area contributed by atoms with E-state index in [2.05, 4.69) is 42.4 Å². The van der Waals surface area contributed by atoms with Crippen LogP contribution < -0.4 is 10.2 Å². The smallest absolute Gasteiger partial charge is 0.273 e. The minimum absolute atomic E-state index is 0.103. The van der Waals surface area contributed by atoms with E-state index < -0.39 is 10.8 Å². The topological polar surface area (TPSA) is 93.8 Å². The van der Waals surface area contributed by atoms with Crippen LogP contribution in [0.15, 0.2) is 74.7 Å². The van der Waals surface area contributed by atoms with Crippen molar-refractivity contribution in [3.8, 4) is 5.75 Å². The Labute approximate surface area is 205 Å². The molecule has 0 atom stereocenters. The van der Waals surface area contributed by atoms with Crippen LogP contribution in [0.2, 0.25) is 5.02 Å². The van der Waals surface area contributed by atoms with E-state index in [9.17, 15) is 14.9 Å². The molecule has 164 valence electrons. The summed E-state index contributed by atoms with van der Waals surface area (Å²) in [5.41, 5.74) is 4.27. The molecule has 0 bridgehead atoms. The first kappa shape index (κ1) is 23.9. The van der Waals surface area contributed by atoms with Crippen LogP contribution in [0.4, 0.5) is 5.69 Å². The quantitative estimate of drug-likeness (QED) is 0.199. The Morgan fingerprint density at radius 1 is 1.12 bits per heavy atom. The number of nitrogens with one attached hydrogen (secondary N) is 1. The summed E-state index contributed by atoms with van der Waals surface area (Å²) in [6, 6.07) is 17.0. The number of hydrogen-bond acceptors (Lipinski definition) is 5. The number of amides is 1. The fraction of sp³-hybridized carbons (Fsp3) is 0.0909. The van der Waals surface area contributed by atoms with Crippen LogP contribution in [0.25, 0.3) is 0 Å². The predicted octanol–water partition coefficient (Wildman–Crippen LogP) is 6.05. The number of para-hydroxylation sites is 1. The van der Waals surface area contributed by atoms with E-state index in [1.807, 2.05) is 12.1 Å². The van der Waals surface area contributed by atoms with Crippen LogP contribution in [0.3, 0.4) is 0 Å². The molecule has 0 spiro atoms. The number of benzene rings is 3. The molecule has 32 heavy (non-hydrogen) atoms. The molecule has 0 aliphatic carbocycles. The second-order valence-corrected chi connectivity index (χ2v) is 8.73. The first-order valence-electron chi connectivity index (χ1n) is 9.24. The van der Waals surface area contributed by atoms with Gasteiger partial charge < -0.3 is 4.74 Å². The molecule has 0 unspecified atom stereocenters. The Balaban J connectivity index is 1.60. The van der Waals surface area contributed by atoms with E-state index in [4.69, 9.17) is 16.3 Å². The van der Waals surface area contributed by atoms with Crippen molar-refractivity contribution in [2.45, 2.75) is 13.0 Å². The third-order valence-electron chi connectivity index (χ3n) is 4.26. The number of carbonyl (C=O) groups excluding carboxylic acids is 1. The number of nitro benzene ring substituents is 1. The van der Waals surface area contributed by atoms with Gasteiger partial charge in [-0.15, -0.1) is 0 Å². The van der Waals surface area contributed by atoms with Gasteiger partial charge in [-0.05, 0) is 67.3 Å². The van der Waals surface area contributed by atoms with Crippen LogP contribution >= 0.6 is 43.5 Å². The van der Waals surface area contributed by atoms with Gasteiger partial charge in [0.05, 0.1) is 26.5 Å². The molecule has 7 nitrogen and oxygen atoms in total. The number of carbonyl (C=O) groups is 1. The highest BCUT2D eigenvalue weighted by molar-refractivity contribution is 9.11. The maximum atomic E-state index is 12.1. The van der Waals surface area contributed by atoms with Gasteiger partial charge >= 0.3 is 0 Å². The second-order valence-electron chi connectivity index (χ2n) is 6.58. The first-order chi connectivity index (χ1) is 15.3. The third kappa shape index (κ3) is 6.62. The predicted molar refractivity (Wildman–Crippen MR) is 130 cm³/mol. The number of hydrazone groups is 1. The summed E-state index contributed by atoms with van der Waals surface area (Å²) in [7, 11) is 0. The third-order valence-corrected chi connectivity index (χ3v) is 5.69. The van der Waals surface area contributed by atoms with Gasteiger partial charge in [0.25, 0.3) is 5.69 Å². The first-order valence-corrected chi connectivity index (χ1v) is 11.2. The van der Waals surface area contributed by atoms with E-state index in [1.54, 1.807) is 42.5 Å². The summed E-state index contributed by atoms with van der Waals surface area (Å²) in [4.78, 5) is 22.6. The summed E-state index contributed by atoms with van der Waals surface area (Å²) >= 11 is 12.9. The molecule has 1 N–H and O–H groups in total.